The molecule has 1 aromatic rings. The summed E-state index contributed by atoms with van der Waals surface area (Å²) >= 11 is 6.24. The Morgan fingerprint density at radius 3 is 2.92 bits per heavy atom. The van der Waals surface area contributed by atoms with Crippen LogP contribution in [0.3, 0.4) is 0 Å². The Hall–Kier alpha value is -1.59. The number of hydrogen-bond acceptors (Lipinski definition) is 3. The standard InChI is InChI=1S/C18H24ClN3O2/c19-15-7-2-1-5-13(15)11-22-10-4-6-14(12-22)20-18(24)16-8-3-9-17(23)21-16/h1-2,5,7,14,16H,3-4,6,8-12H2,(H,20,24)(H,21,23)/t14-,16-/m1/s1. The summed E-state index contributed by atoms with van der Waals surface area (Å²) in [5.41, 5.74) is 1.12. The summed E-state index contributed by atoms with van der Waals surface area (Å²) in [5.74, 6) is -0.0713. The molecule has 2 atom stereocenters. The Morgan fingerprint density at radius 2 is 2.12 bits per heavy atom. The Bertz CT molecular complexity index is 608. The topological polar surface area (TPSA) is 61.4 Å². The molecule has 130 valence electrons. The number of carbonyl (C=O) groups is 2. The van der Waals surface area contributed by atoms with Crippen LogP contribution in [-0.2, 0) is 16.1 Å². The molecule has 2 aliphatic heterocycles. The molecule has 2 heterocycles. The number of amides is 2. The first-order valence-electron chi connectivity index (χ1n) is 8.67. The molecule has 0 spiro atoms. The molecule has 1 aromatic carbocycles. The van der Waals surface area contributed by atoms with Gasteiger partial charge in [-0.15, -0.1) is 0 Å². The molecule has 3 rings (SSSR count). The minimum Gasteiger partial charge on any atom is -0.350 e. The van der Waals surface area contributed by atoms with Gasteiger partial charge >= 0.3 is 0 Å². The van der Waals surface area contributed by atoms with Crippen LogP contribution in [0.25, 0.3) is 0 Å². The third-order valence-electron chi connectivity index (χ3n) is 4.75. The van der Waals surface area contributed by atoms with Gasteiger partial charge in [0.2, 0.25) is 11.8 Å². The van der Waals surface area contributed by atoms with Gasteiger partial charge in [-0.3, -0.25) is 14.5 Å². The van der Waals surface area contributed by atoms with E-state index in [2.05, 4.69) is 15.5 Å². The minimum atomic E-state index is -0.370. The normalized spacial score (nSPS) is 25.1. The van der Waals surface area contributed by atoms with Crippen LogP contribution < -0.4 is 10.6 Å². The van der Waals surface area contributed by atoms with E-state index in [1.807, 2.05) is 24.3 Å². The first-order valence-corrected chi connectivity index (χ1v) is 9.05. The minimum absolute atomic E-state index is 0.0228. The van der Waals surface area contributed by atoms with Gasteiger partial charge in [-0.25, -0.2) is 0 Å². The number of carbonyl (C=O) groups excluding carboxylic acids is 2. The summed E-state index contributed by atoms with van der Waals surface area (Å²) in [4.78, 5) is 26.1. The molecule has 24 heavy (non-hydrogen) atoms. The van der Waals surface area contributed by atoms with Gasteiger partial charge in [-0.2, -0.15) is 0 Å². The number of likely N-dealkylation sites (tertiary alicyclic amines) is 1. The van der Waals surface area contributed by atoms with Crippen LogP contribution in [0.4, 0.5) is 0 Å². The summed E-state index contributed by atoms with van der Waals surface area (Å²) in [6, 6.07) is 7.64. The van der Waals surface area contributed by atoms with E-state index in [9.17, 15) is 9.59 Å². The van der Waals surface area contributed by atoms with E-state index in [0.29, 0.717) is 6.42 Å². The average molecular weight is 350 g/mol. The SMILES string of the molecule is O=C1CCC[C@H](C(=O)N[C@@H]2CCCN(Cc3ccccc3Cl)C2)N1. The number of hydrogen-bond donors (Lipinski definition) is 2. The van der Waals surface area contributed by atoms with Gasteiger partial charge in [0.1, 0.15) is 6.04 Å². The third-order valence-corrected chi connectivity index (χ3v) is 5.12. The molecule has 2 fully saturated rings. The van der Waals surface area contributed by atoms with E-state index < -0.39 is 0 Å². The van der Waals surface area contributed by atoms with Crippen molar-refractivity contribution in [3.63, 3.8) is 0 Å². The lowest BCUT2D eigenvalue weighted by atomic mass is 10.0. The van der Waals surface area contributed by atoms with Crippen molar-refractivity contribution in [3.8, 4) is 0 Å². The summed E-state index contributed by atoms with van der Waals surface area (Å²) < 4.78 is 0. The van der Waals surface area contributed by atoms with Crippen LogP contribution in [0, 0.1) is 0 Å². The first-order chi connectivity index (χ1) is 11.6. The van der Waals surface area contributed by atoms with Gasteiger partial charge in [0.25, 0.3) is 0 Å². The number of piperidine rings is 2. The molecule has 0 radical (unpaired) electrons. The highest BCUT2D eigenvalue weighted by Crippen LogP contribution is 2.20. The molecule has 2 saturated heterocycles. The Kier molecular flexibility index (Phi) is 5.74. The predicted octanol–water partition coefficient (Wildman–Crippen LogP) is 2.09. The molecule has 5 nitrogen and oxygen atoms in total. The van der Waals surface area contributed by atoms with Crippen LogP contribution in [0.15, 0.2) is 24.3 Å². The van der Waals surface area contributed by atoms with Crippen molar-refractivity contribution < 1.29 is 9.59 Å². The fourth-order valence-electron chi connectivity index (χ4n) is 3.49. The van der Waals surface area contributed by atoms with Crippen LogP contribution in [0.5, 0.6) is 0 Å². The maximum absolute atomic E-state index is 12.4. The van der Waals surface area contributed by atoms with Gasteiger partial charge in [0, 0.05) is 30.6 Å². The molecule has 2 amide bonds. The fraction of sp³-hybridized carbons (Fsp3) is 0.556. The highest BCUT2D eigenvalue weighted by atomic mass is 35.5. The molecule has 2 aliphatic rings. The Morgan fingerprint density at radius 1 is 1.29 bits per heavy atom. The smallest absolute Gasteiger partial charge is 0.242 e. The van der Waals surface area contributed by atoms with Crippen molar-refractivity contribution in [1.29, 1.82) is 0 Å². The quantitative estimate of drug-likeness (QED) is 0.875. The lowest BCUT2D eigenvalue weighted by Crippen LogP contribution is -2.54. The van der Waals surface area contributed by atoms with E-state index in [-0.39, 0.29) is 23.9 Å². The molecule has 0 aromatic heterocycles. The third kappa shape index (κ3) is 4.48. The van der Waals surface area contributed by atoms with Gasteiger partial charge in [-0.05, 0) is 43.9 Å². The second-order valence-electron chi connectivity index (χ2n) is 6.69. The Balaban J connectivity index is 1.53. The van der Waals surface area contributed by atoms with E-state index in [4.69, 9.17) is 11.6 Å². The number of benzene rings is 1. The van der Waals surface area contributed by atoms with Gasteiger partial charge < -0.3 is 10.6 Å². The Labute approximate surface area is 147 Å². The van der Waals surface area contributed by atoms with Crippen molar-refractivity contribution in [2.24, 2.45) is 0 Å². The number of nitrogens with zero attached hydrogens (tertiary/aromatic N) is 1. The summed E-state index contributed by atoms with van der Waals surface area (Å²) in [6.07, 6.45) is 4.07. The maximum Gasteiger partial charge on any atom is 0.242 e. The summed E-state index contributed by atoms with van der Waals surface area (Å²) in [6.45, 7) is 2.63. The first kappa shape index (κ1) is 17.2. The van der Waals surface area contributed by atoms with Gasteiger partial charge in [0.05, 0.1) is 0 Å². The van der Waals surface area contributed by atoms with Crippen molar-refractivity contribution in [2.75, 3.05) is 13.1 Å². The maximum atomic E-state index is 12.4. The van der Waals surface area contributed by atoms with E-state index in [0.717, 1.165) is 55.9 Å². The molecule has 0 bridgehead atoms. The van der Waals surface area contributed by atoms with Crippen LogP contribution in [-0.4, -0.2) is 41.9 Å². The molecular weight excluding hydrogens is 326 g/mol. The zero-order chi connectivity index (χ0) is 16.9. The van der Waals surface area contributed by atoms with E-state index >= 15 is 0 Å². The van der Waals surface area contributed by atoms with Crippen LogP contribution in [0.2, 0.25) is 5.02 Å². The summed E-state index contributed by atoms with van der Waals surface area (Å²) in [7, 11) is 0. The van der Waals surface area contributed by atoms with Crippen molar-refractivity contribution >= 4 is 23.4 Å². The predicted molar refractivity (Wildman–Crippen MR) is 93.7 cm³/mol. The number of rotatable bonds is 4. The highest BCUT2D eigenvalue weighted by molar-refractivity contribution is 6.31. The van der Waals surface area contributed by atoms with E-state index in [1.165, 1.54) is 0 Å². The lowest BCUT2D eigenvalue weighted by Gasteiger charge is -2.34. The molecule has 0 aliphatic carbocycles. The second-order valence-corrected chi connectivity index (χ2v) is 7.09. The van der Waals surface area contributed by atoms with Gasteiger partial charge in [-0.1, -0.05) is 29.8 Å². The number of halogens is 1. The number of nitrogens with one attached hydrogen (secondary N) is 2. The second kappa shape index (κ2) is 7.99. The highest BCUT2D eigenvalue weighted by Gasteiger charge is 2.28. The zero-order valence-corrected chi connectivity index (χ0v) is 14.5. The largest absolute Gasteiger partial charge is 0.350 e. The van der Waals surface area contributed by atoms with Crippen LogP contribution in [0.1, 0.15) is 37.7 Å². The molecule has 2 N–H and O–H groups in total. The fourth-order valence-corrected chi connectivity index (χ4v) is 3.68. The monoisotopic (exact) mass is 349 g/mol. The molecule has 0 saturated carbocycles. The van der Waals surface area contributed by atoms with E-state index in [1.54, 1.807) is 0 Å². The molecular formula is C18H24ClN3O2. The van der Waals surface area contributed by atoms with Crippen molar-refractivity contribution in [1.82, 2.24) is 15.5 Å². The van der Waals surface area contributed by atoms with Crippen molar-refractivity contribution in [2.45, 2.75) is 50.7 Å². The zero-order valence-electron chi connectivity index (χ0n) is 13.8. The molecule has 0 unspecified atom stereocenters. The van der Waals surface area contributed by atoms with Gasteiger partial charge in [0.15, 0.2) is 0 Å². The summed E-state index contributed by atoms with van der Waals surface area (Å²) in [5, 5.41) is 6.68. The lowest BCUT2D eigenvalue weighted by molar-refractivity contribution is -0.131. The average Bonchev–Trinajstić information content (AvgIpc) is 2.57. The van der Waals surface area contributed by atoms with Crippen molar-refractivity contribution in [3.05, 3.63) is 34.9 Å². The molecule has 6 heteroatoms. The van der Waals surface area contributed by atoms with Crippen LogP contribution >= 0.6 is 11.6 Å².